The third kappa shape index (κ3) is 15.2. The number of hydrogen-bond acceptors (Lipinski definition) is 27. The van der Waals surface area contributed by atoms with E-state index in [1.807, 2.05) is 6.07 Å². The van der Waals surface area contributed by atoms with Crippen LogP contribution in [0, 0.1) is 25.2 Å². The van der Waals surface area contributed by atoms with Crippen molar-refractivity contribution in [2.75, 3.05) is 23.9 Å². The van der Waals surface area contributed by atoms with Gasteiger partial charge in [-0.15, -0.1) is 50.0 Å². The molecule has 0 fully saturated rings. The van der Waals surface area contributed by atoms with Crippen LogP contribution in [0.15, 0.2) is 111 Å². The van der Waals surface area contributed by atoms with E-state index in [2.05, 4.69) is 40.7 Å². The molecule has 40 heteroatoms. The van der Waals surface area contributed by atoms with E-state index in [4.69, 9.17) is 29.0 Å². The van der Waals surface area contributed by atoms with Gasteiger partial charge in [-0.25, -0.2) is 9.97 Å². The minimum Gasteiger partial charge on any atom is -0.493 e. The van der Waals surface area contributed by atoms with E-state index in [1.165, 1.54) is 37.3 Å². The second-order valence-corrected chi connectivity index (χ2v) is 27.4. The number of nitriles is 1. The molecule has 0 unspecified atom stereocenters. The number of aliphatic hydroxyl groups excluding tert-OH is 1. The zero-order valence-electron chi connectivity index (χ0n) is 42.2. The van der Waals surface area contributed by atoms with Gasteiger partial charge in [0.15, 0.2) is 11.3 Å². The van der Waals surface area contributed by atoms with E-state index in [0.29, 0.717) is 5.56 Å². The Morgan fingerprint density at radius 2 is 1.36 bits per heavy atom. The topological polar surface area (TPSA) is 501 Å². The van der Waals surface area contributed by atoms with Gasteiger partial charge in [0.05, 0.1) is 61.9 Å². The number of thioether (sulfide) groups is 1. The molecule has 3 heterocycles. The fourth-order valence-electron chi connectivity index (χ4n) is 7.77. The number of aryl methyl sites for hydroxylation is 1. The molecular weight excluding hydrogens is 1300 g/mol. The smallest absolute Gasteiger partial charge is 0.425 e. The molecular formula is C44H37ClN10O21S8. The van der Waals surface area contributed by atoms with Gasteiger partial charge in [-0.3, -0.25) is 27.2 Å². The summed E-state index contributed by atoms with van der Waals surface area (Å²) in [6.45, 7) is 1.92. The lowest BCUT2D eigenvalue weighted by Gasteiger charge is -2.12. The van der Waals surface area contributed by atoms with Crippen molar-refractivity contribution >= 4 is 167 Å². The summed E-state index contributed by atoms with van der Waals surface area (Å²) in [6.07, 6.45) is -0.292. The highest BCUT2D eigenvalue weighted by Crippen LogP contribution is 2.45. The first kappa shape index (κ1) is 64.4. The average Bonchev–Trinajstić information content (AvgIpc) is 1.75. The number of benzene rings is 5. The Balaban J connectivity index is 0.00000245. The molecule has 0 aliphatic carbocycles. The number of rotatable bonds is 20. The number of pyridine rings is 1. The van der Waals surface area contributed by atoms with Crippen LogP contribution in [0.25, 0.3) is 37.7 Å². The number of fused-ring (bicyclic) bond motifs is 6. The van der Waals surface area contributed by atoms with Crippen molar-refractivity contribution < 1.29 is 92.4 Å². The van der Waals surface area contributed by atoms with Crippen LogP contribution in [-0.4, -0.2) is 126 Å². The van der Waals surface area contributed by atoms with E-state index in [9.17, 15) is 80.3 Å². The molecule has 3 aromatic heterocycles. The number of halogens is 1. The van der Waals surface area contributed by atoms with Crippen LogP contribution in [0.3, 0.4) is 0 Å². The molecule has 8 rings (SSSR count). The molecule has 0 aliphatic rings. The first-order valence-electron chi connectivity index (χ1n) is 22.8. The molecule has 0 bridgehead atoms. The minimum absolute atomic E-state index is 0.0131. The zero-order chi connectivity index (χ0) is 62.0. The predicted molar refractivity (Wildman–Crippen MR) is 299 cm³/mol. The van der Waals surface area contributed by atoms with Crippen LogP contribution in [-0.2, 0) is 67.8 Å². The first-order chi connectivity index (χ1) is 39.1. The van der Waals surface area contributed by atoms with Crippen LogP contribution < -0.4 is 4.74 Å². The normalized spacial score (nSPS) is 12.8. The summed E-state index contributed by atoms with van der Waals surface area (Å²) in [5.74, 6) is -2.09. The number of hydrogen-bond donors (Lipinski definition) is 7. The van der Waals surface area contributed by atoms with Crippen LogP contribution in [0.1, 0.15) is 35.1 Å². The molecule has 0 saturated carbocycles. The summed E-state index contributed by atoms with van der Waals surface area (Å²) in [5, 5.41) is 58.0. The van der Waals surface area contributed by atoms with Gasteiger partial charge in [0.25, 0.3) is 50.6 Å². The fourth-order valence-corrected chi connectivity index (χ4v) is 12.9. The lowest BCUT2D eigenvalue weighted by atomic mass is 10.1. The standard InChI is InChI=1S/C44H37ClN10O18S7.O3S/c1-21-13-31(51-53-37-22(2)27(19-46)42-47-38-35(79(67,68)69)8-7-28(45)40(38)55(42)43(37)57)33(73-9-3-11-76(58,59)60)17-29(21)49-52-32-14-24(20-56)30(18-34(32)74-10-4-12-77(61,62)63)50-54-44-48-39-36(80(70,71)72)15-23-5-6-25(78(64,65)66)16-26(23)41(39)75-44;1-4(2)3/h5-8,13-18,56-57H,3-4,9-12,20H2,1-2H3,(H,58,59,60)(H,61,62,63)(H,64,65,66)(H,67,68,69)(H,70,71,72);. The molecule has 0 radical (unpaired) electrons. The third-order valence-electron chi connectivity index (χ3n) is 11.4. The van der Waals surface area contributed by atoms with Gasteiger partial charge in [-0.1, -0.05) is 29.0 Å². The van der Waals surface area contributed by atoms with Crippen molar-refractivity contribution in [1.29, 1.82) is 5.26 Å². The van der Waals surface area contributed by atoms with Gasteiger partial charge in [0.1, 0.15) is 43.9 Å². The number of aromatic nitrogens is 3. The Morgan fingerprint density at radius 3 is 1.98 bits per heavy atom. The van der Waals surface area contributed by atoms with Gasteiger partial charge in [0, 0.05) is 27.5 Å². The number of azo groups is 3. The van der Waals surface area contributed by atoms with E-state index >= 15 is 0 Å². The summed E-state index contributed by atoms with van der Waals surface area (Å²) in [4.78, 5) is 6.85. The number of aromatic hydroxyl groups is 1. The van der Waals surface area contributed by atoms with Gasteiger partial charge in [0.2, 0.25) is 11.0 Å². The predicted octanol–water partition coefficient (Wildman–Crippen LogP) is 8.60. The fraction of sp³-hybridized carbons (Fsp3) is 0.205. The first-order valence-corrected chi connectivity index (χ1v) is 33.5. The lowest BCUT2D eigenvalue weighted by molar-refractivity contribution is 0.282. The average molecular weight is 1330 g/mol. The molecule has 7 N–H and O–H groups in total. The van der Waals surface area contributed by atoms with Crippen molar-refractivity contribution in [3.63, 3.8) is 0 Å². The largest absolute Gasteiger partial charge is 0.493 e. The third-order valence-corrected chi connectivity index (χ3v) is 18.1. The molecule has 31 nitrogen and oxygen atoms in total. The molecule has 0 aliphatic heterocycles. The van der Waals surface area contributed by atoms with E-state index in [-0.39, 0.29) is 129 Å². The molecule has 84 heavy (non-hydrogen) atoms. The summed E-state index contributed by atoms with van der Waals surface area (Å²) < 4.78 is 200. The van der Waals surface area contributed by atoms with Crippen molar-refractivity contribution in [3.8, 4) is 17.7 Å². The maximum Gasteiger partial charge on any atom is 0.425 e. The number of aliphatic hydroxyl groups is 1. The molecule has 5 aromatic carbocycles. The van der Waals surface area contributed by atoms with Crippen LogP contribution in [0.4, 0.5) is 33.6 Å². The Bertz CT molecular complexity index is 4900. The van der Waals surface area contributed by atoms with Gasteiger partial charge in [-0.05, 0) is 91.9 Å². The molecule has 0 atom stereocenters. The number of nitrogens with zero attached hydrogens (tertiary/aromatic N) is 10. The number of thiazole rings is 1. The Morgan fingerprint density at radius 1 is 0.726 bits per heavy atom. The molecule has 8 aromatic rings. The van der Waals surface area contributed by atoms with Crippen molar-refractivity contribution in [1.82, 2.24) is 14.4 Å². The van der Waals surface area contributed by atoms with Crippen molar-refractivity contribution in [2.24, 2.45) is 30.7 Å². The van der Waals surface area contributed by atoms with Gasteiger partial charge >= 0.3 is 10.6 Å². The minimum atomic E-state index is -4.92. The molecule has 0 amide bonds. The van der Waals surface area contributed by atoms with E-state index < -0.39 is 99.9 Å². The summed E-state index contributed by atoms with van der Waals surface area (Å²) in [6, 6.07) is 13.9. The Hall–Kier alpha value is -7.14. The summed E-state index contributed by atoms with van der Waals surface area (Å²) >= 11 is 8.20. The number of ether oxygens (including phenoxy) is 1. The van der Waals surface area contributed by atoms with Crippen molar-refractivity contribution in [2.45, 2.75) is 52.9 Å². The monoisotopic (exact) mass is 1330 g/mol. The molecule has 0 saturated heterocycles. The zero-order valence-corrected chi connectivity index (χ0v) is 49.5. The summed E-state index contributed by atoms with van der Waals surface area (Å²) in [5.41, 5.74) is -1.19. The maximum atomic E-state index is 12.5. The SMILES string of the molecule is Cc1cc(N=Nc2c(C)c(C#N)c3nc4c(S(=O)(=O)O)ccc(Cl)c4n3c2O)c(OCCCS(=O)(=O)O)cc1N=Nc1cc(CO)c(N=Nc2nc3c(S(=O)(=O)O)cc4ccc(S(=O)(=O)O)cc4c3s2)cc1SCCCS(=O)(=O)O.O=S(=O)=O. The molecule has 0 spiro atoms. The Labute approximate surface area is 488 Å². The van der Waals surface area contributed by atoms with Crippen LogP contribution >= 0.6 is 34.7 Å². The van der Waals surface area contributed by atoms with Crippen molar-refractivity contribution in [3.05, 3.63) is 87.9 Å². The van der Waals surface area contributed by atoms with E-state index in [1.54, 1.807) is 6.92 Å². The van der Waals surface area contributed by atoms with Crippen LogP contribution in [0.5, 0.6) is 11.6 Å². The second-order valence-electron chi connectivity index (χ2n) is 17.1. The van der Waals surface area contributed by atoms with Gasteiger partial charge in [-0.2, -0.15) is 52.5 Å². The highest BCUT2D eigenvalue weighted by Gasteiger charge is 2.27. The lowest BCUT2D eigenvalue weighted by Crippen LogP contribution is -2.08. The Kier molecular flexibility index (Phi) is 19.3. The van der Waals surface area contributed by atoms with E-state index in [0.717, 1.165) is 57.8 Å². The number of imidazole rings is 1. The second kappa shape index (κ2) is 25.2. The summed E-state index contributed by atoms with van der Waals surface area (Å²) in [7, 11) is -26.4. The van der Waals surface area contributed by atoms with Gasteiger partial charge < -0.3 is 14.9 Å². The maximum absolute atomic E-state index is 12.5. The highest BCUT2D eigenvalue weighted by atomic mass is 35.5. The van der Waals surface area contributed by atoms with Crippen LogP contribution in [0.2, 0.25) is 5.02 Å². The quantitative estimate of drug-likeness (QED) is 0.0162. The highest BCUT2D eigenvalue weighted by molar-refractivity contribution is 7.99. The molecule has 444 valence electrons.